The van der Waals surface area contributed by atoms with Gasteiger partial charge >= 0.3 is 6.18 Å². The van der Waals surface area contributed by atoms with Crippen LogP contribution in [-0.2, 0) is 6.18 Å². The van der Waals surface area contributed by atoms with Crippen LogP contribution in [0.3, 0.4) is 0 Å². The number of halogens is 4. The highest BCUT2D eigenvalue weighted by Crippen LogP contribution is 2.32. The number of hydrogen-bond donors (Lipinski definition) is 1. The van der Waals surface area contributed by atoms with E-state index in [1.165, 1.54) is 6.08 Å². The highest BCUT2D eigenvalue weighted by atomic mass is 19.4. The third kappa shape index (κ3) is 3.34. The van der Waals surface area contributed by atoms with Gasteiger partial charge in [-0.25, -0.2) is 4.39 Å². The topological polar surface area (TPSA) is 20.2 Å². The fraction of sp³-hybridized carbons (Fsp3) is 0.273. The molecule has 0 unspecified atom stereocenters. The molecule has 0 fully saturated rings. The number of benzene rings is 1. The molecule has 1 aromatic rings. The summed E-state index contributed by atoms with van der Waals surface area (Å²) >= 11 is 0. The predicted molar refractivity (Wildman–Crippen MR) is 52.1 cm³/mol. The molecule has 0 heterocycles. The van der Waals surface area contributed by atoms with Crippen molar-refractivity contribution in [1.82, 2.24) is 0 Å². The van der Waals surface area contributed by atoms with E-state index >= 15 is 0 Å². The standard InChI is InChI=1S/C11H10F4O/c12-9-4-5-10(11(13,14)15)8(7-9)3-1-2-6-16/h1,3-5,7,16H,2,6H2. The van der Waals surface area contributed by atoms with Crippen molar-refractivity contribution in [3.05, 3.63) is 41.2 Å². The minimum absolute atomic E-state index is 0.160. The Morgan fingerprint density at radius 3 is 2.50 bits per heavy atom. The fourth-order valence-corrected chi connectivity index (χ4v) is 1.21. The summed E-state index contributed by atoms with van der Waals surface area (Å²) in [6, 6.07) is 2.29. The smallest absolute Gasteiger partial charge is 0.396 e. The molecule has 0 aromatic heterocycles. The van der Waals surface area contributed by atoms with Gasteiger partial charge in [-0.1, -0.05) is 12.2 Å². The minimum Gasteiger partial charge on any atom is -0.396 e. The first-order valence-corrected chi connectivity index (χ1v) is 4.59. The maximum Gasteiger partial charge on any atom is 0.416 e. The molecule has 0 atom stereocenters. The fourth-order valence-electron chi connectivity index (χ4n) is 1.21. The maximum absolute atomic E-state index is 12.8. The SMILES string of the molecule is OCCC=Cc1cc(F)ccc1C(F)(F)F. The number of alkyl halides is 3. The Morgan fingerprint density at radius 1 is 1.25 bits per heavy atom. The molecule has 1 nitrogen and oxygen atoms in total. The van der Waals surface area contributed by atoms with E-state index in [-0.39, 0.29) is 18.6 Å². The monoisotopic (exact) mass is 234 g/mol. The molecule has 16 heavy (non-hydrogen) atoms. The first kappa shape index (κ1) is 12.7. The van der Waals surface area contributed by atoms with Crippen LogP contribution in [0.1, 0.15) is 17.5 Å². The predicted octanol–water partition coefficient (Wildman–Crippen LogP) is 3.24. The van der Waals surface area contributed by atoms with Gasteiger partial charge in [-0.2, -0.15) is 13.2 Å². The molecule has 0 radical (unpaired) electrons. The summed E-state index contributed by atoms with van der Waals surface area (Å²) in [4.78, 5) is 0. The summed E-state index contributed by atoms with van der Waals surface area (Å²) in [6.45, 7) is -0.160. The molecule has 0 aliphatic heterocycles. The summed E-state index contributed by atoms with van der Waals surface area (Å²) < 4.78 is 50.2. The Kier molecular flexibility index (Phi) is 4.06. The van der Waals surface area contributed by atoms with Crippen LogP contribution in [-0.4, -0.2) is 11.7 Å². The Morgan fingerprint density at radius 2 is 1.94 bits per heavy atom. The first-order chi connectivity index (χ1) is 7.45. The van der Waals surface area contributed by atoms with E-state index in [0.29, 0.717) is 6.07 Å². The van der Waals surface area contributed by atoms with Crippen molar-refractivity contribution in [2.24, 2.45) is 0 Å². The van der Waals surface area contributed by atoms with Crippen LogP contribution in [0.15, 0.2) is 24.3 Å². The zero-order valence-corrected chi connectivity index (χ0v) is 8.26. The summed E-state index contributed by atoms with van der Waals surface area (Å²) in [7, 11) is 0. The number of rotatable bonds is 3. The molecule has 0 aliphatic rings. The van der Waals surface area contributed by atoms with Crippen molar-refractivity contribution < 1.29 is 22.7 Å². The lowest BCUT2D eigenvalue weighted by Crippen LogP contribution is -2.07. The van der Waals surface area contributed by atoms with Gasteiger partial charge in [-0.15, -0.1) is 0 Å². The summed E-state index contributed by atoms with van der Waals surface area (Å²) in [5, 5.41) is 8.48. The average Bonchev–Trinajstić information content (AvgIpc) is 2.16. The molecule has 0 spiro atoms. The second kappa shape index (κ2) is 5.12. The lowest BCUT2D eigenvalue weighted by molar-refractivity contribution is -0.137. The van der Waals surface area contributed by atoms with E-state index in [2.05, 4.69) is 0 Å². The molecule has 1 aromatic carbocycles. The summed E-state index contributed by atoms with van der Waals surface area (Å²) in [6.07, 6.45) is -1.76. The van der Waals surface area contributed by atoms with Crippen LogP contribution < -0.4 is 0 Å². The second-order valence-corrected chi connectivity index (χ2v) is 3.14. The van der Waals surface area contributed by atoms with Crippen molar-refractivity contribution in [2.75, 3.05) is 6.61 Å². The van der Waals surface area contributed by atoms with Crippen LogP contribution in [0, 0.1) is 5.82 Å². The van der Waals surface area contributed by atoms with Gasteiger partial charge in [0.15, 0.2) is 0 Å². The van der Waals surface area contributed by atoms with Crippen LogP contribution >= 0.6 is 0 Å². The zero-order chi connectivity index (χ0) is 12.2. The van der Waals surface area contributed by atoms with Crippen molar-refractivity contribution in [3.8, 4) is 0 Å². The van der Waals surface area contributed by atoms with Crippen LogP contribution in [0.25, 0.3) is 6.08 Å². The van der Waals surface area contributed by atoms with Gasteiger partial charge in [-0.05, 0) is 30.2 Å². The lowest BCUT2D eigenvalue weighted by atomic mass is 10.1. The Bertz CT molecular complexity index is 382. The zero-order valence-electron chi connectivity index (χ0n) is 8.26. The molecule has 0 saturated carbocycles. The van der Waals surface area contributed by atoms with Gasteiger partial charge in [0.25, 0.3) is 0 Å². The first-order valence-electron chi connectivity index (χ1n) is 4.59. The lowest BCUT2D eigenvalue weighted by Gasteiger charge is -2.10. The maximum atomic E-state index is 12.8. The normalized spacial score (nSPS) is 12.3. The largest absolute Gasteiger partial charge is 0.416 e. The van der Waals surface area contributed by atoms with E-state index in [0.717, 1.165) is 18.2 Å². The molecule has 0 amide bonds. The third-order valence-electron chi connectivity index (χ3n) is 1.91. The molecule has 0 saturated heterocycles. The molecular formula is C11H10F4O. The van der Waals surface area contributed by atoms with Gasteiger partial charge < -0.3 is 5.11 Å². The number of aliphatic hydroxyl groups excluding tert-OH is 1. The van der Waals surface area contributed by atoms with Crippen LogP contribution in [0.2, 0.25) is 0 Å². The van der Waals surface area contributed by atoms with E-state index in [9.17, 15) is 17.6 Å². The van der Waals surface area contributed by atoms with Gasteiger partial charge in [0.05, 0.1) is 5.56 Å². The number of hydrogen-bond acceptors (Lipinski definition) is 1. The number of aliphatic hydroxyl groups is 1. The van der Waals surface area contributed by atoms with Crippen LogP contribution in [0.5, 0.6) is 0 Å². The second-order valence-electron chi connectivity index (χ2n) is 3.14. The Labute approximate surface area is 90.0 Å². The molecule has 0 aliphatic carbocycles. The highest BCUT2D eigenvalue weighted by Gasteiger charge is 2.32. The van der Waals surface area contributed by atoms with Gasteiger partial charge in [0.1, 0.15) is 5.82 Å². The molecule has 1 N–H and O–H groups in total. The average molecular weight is 234 g/mol. The van der Waals surface area contributed by atoms with Gasteiger partial charge in [-0.3, -0.25) is 0 Å². The minimum atomic E-state index is -4.51. The molecule has 5 heteroatoms. The molecule has 88 valence electrons. The van der Waals surface area contributed by atoms with Crippen molar-refractivity contribution in [2.45, 2.75) is 12.6 Å². The van der Waals surface area contributed by atoms with E-state index < -0.39 is 17.6 Å². The molecule has 1 rings (SSSR count). The molecular weight excluding hydrogens is 224 g/mol. The van der Waals surface area contributed by atoms with Crippen LogP contribution in [0.4, 0.5) is 17.6 Å². The van der Waals surface area contributed by atoms with E-state index in [4.69, 9.17) is 5.11 Å². The van der Waals surface area contributed by atoms with Gasteiger partial charge in [0, 0.05) is 6.61 Å². The molecule has 0 bridgehead atoms. The highest BCUT2D eigenvalue weighted by molar-refractivity contribution is 5.54. The van der Waals surface area contributed by atoms with E-state index in [1.807, 2.05) is 0 Å². The summed E-state index contributed by atoms with van der Waals surface area (Å²) in [5.41, 5.74) is -1.12. The Hall–Kier alpha value is -1.36. The quantitative estimate of drug-likeness (QED) is 0.796. The van der Waals surface area contributed by atoms with Crippen molar-refractivity contribution in [3.63, 3.8) is 0 Å². The van der Waals surface area contributed by atoms with Crippen molar-refractivity contribution >= 4 is 6.08 Å². The third-order valence-corrected chi connectivity index (χ3v) is 1.91. The summed E-state index contributed by atoms with van der Waals surface area (Å²) in [5.74, 6) is -0.725. The van der Waals surface area contributed by atoms with Gasteiger partial charge in [0.2, 0.25) is 0 Å². The Balaban J connectivity index is 3.09. The van der Waals surface area contributed by atoms with Crippen molar-refractivity contribution in [1.29, 1.82) is 0 Å². The van der Waals surface area contributed by atoms with E-state index in [1.54, 1.807) is 0 Å².